The molecule has 0 saturated heterocycles. The van der Waals surface area contributed by atoms with Gasteiger partial charge in [-0.3, -0.25) is 14.8 Å². The molecule has 0 fully saturated rings. The maximum absolute atomic E-state index is 12.1. The van der Waals surface area contributed by atoms with Crippen molar-refractivity contribution < 1.29 is 9.21 Å². The molecule has 2 rings (SSSR count). The fourth-order valence-corrected chi connectivity index (χ4v) is 2.10. The zero-order valence-corrected chi connectivity index (χ0v) is 12.7. The van der Waals surface area contributed by atoms with E-state index in [1.54, 1.807) is 18.5 Å². The van der Waals surface area contributed by atoms with Gasteiger partial charge >= 0.3 is 0 Å². The molecule has 0 aromatic carbocycles. The van der Waals surface area contributed by atoms with E-state index in [0.717, 1.165) is 31.0 Å². The lowest BCUT2D eigenvalue weighted by molar-refractivity contribution is 0.0908. The van der Waals surface area contributed by atoms with Gasteiger partial charge in [0.15, 0.2) is 5.76 Å². The second kappa shape index (κ2) is 7.08. The van der Waals surface area contributed by atoms with E-state index in [2.05, 4.69) is 34.3 Å². The average molecular weight is 290 g/mol. The molecule has 0 spiro atoms. The van der Waals surface area contributed by atoms with E-state index < -0.39 is 0 Å². The molecule has 114 valence electrons. The summed E-state index contributed by atoms with van der Waals surface area (Å²) in [7, 11) is 0. The Balaban J connectivity index is 1.95. The minimum absolute atomic E-state index is 0.118. The third kappa shape index (κ3) is 3.95. The van der Waals surface area contributed by atoms with Crippen LogP contribution in [-0.4, -0.2) is 34.1 Å². The van der Waals surface area contributed by atoms with Crippen molar-refractivity contribution in [3.05, 3.63) is 41.6 Å². The van der Waals surface area contributed by atoms with Crippen molar-refractivity contribution in [3.8, 4) is 0 Å². The second-order valence-electron chi connectivity index (χ2n) is 4.95. The first-order valence-corrected chi connectivity index (χ1v) is 7.24. The quantitative estimate of drug-likeness (QED) is 0.820. The van der Waals surface area contributed by atoms with Crippen molar-refractivity contribution in [1.29, 1.82) is 0 Å². The van der Waals surface area contributed by atoms with Gasteiger partial charge < -0.3 is 9.73 Å². The number of carbonyl (C=O) groups excluding carboxylic acids is 1. The molecule has 2 aromatic heterocycles. The number of rotatable bonds is 7. The molecule has 0 aliphatic heterocycles. The van der Waals surface area contributed by atoms with Crippen LogP contribution in [0.15, 0.2) is 28.9 Å². The number of hydrogen-bond acceptors (Lipinski definition) is 4. The predicted molar refractivity (Wildman–Crippen MR) is 79.8 cm³/mol. The number of aromatic amines is 1. The van der Waals surface area contributed by atoms with Gasteiger partial charge in [0.2, 0.25) is 0 Å². The Kier molecular flexibility index (Phi) is 5.16. The minimum atomic E-state index is -0.213. The number of nitrogens with one attached hydrogen (secondary N) is 2. The first-order chi connectivity index (χ1) is 10.1. The Bertz CT molecular complexity index is 558. The summed E-state index contributed by atoms with van der Waals surface area (Å²) >= 11 is 0. The maximum atomic E-state index is 12.1. The van der Waals surface area contributed by atoms with E-state index in [0.29, 0.717) is 5.76 Å². The molecule has 0 saturated carbocycles. The molecule has 1 atom stereocenters. The van der Waals surface area contributed by atoms with Gasteiger partial charge in [0.1, 0.15) is 5.76 Å². The smallest absolute Gasteiger partial charge is 0.287 e. The Morgan fingerprint density at radius 2 is 2.19 bits per heavy atom. The molecule has 21 heavy (non-hydrogen) atoms. The van der Waals surface area contributed by atoms with Gasteiger partial charge in [-0.15, -0.1) is 0 Å². The first-order valence-electron chi connectivity index (χ1n) is 7.24. The van der Waals surface area contributed by atoms with Crippen LogP contribution in [0, 0.1) is 0 Å². The zero-order valence-electron chi connectivity index (χ0n) is 12.7. The highest BCUT2D eigenvalue weighted by Crippen LogP contribution is 2.14. The van der Waals surface area contributed by atoms with Gasteiger partial charge in [0, 0.05) is 11.8 Å². The maximum Gasteiger partial charge on any atom is 0.287 e. The standard InChI is InChI=1S/C15H22N4O2/c1-4-19(5-2)10-13-6-7-14(21-13)15(20)18-11(3)12-8-16-17-9-12/h6-9,11H,4-5,10H2,1-3H3,(H,16,17)(H,18,20). The molecule has 2 aromatic rings. The largest absolute Gasteiger partial charge is 0.455 e. The summed E-state index contributed by atoms with van der Waals surface area (Å²) in [5, 5.41) is 9.49. The summed E-state index contributed by atoms with van der Waals surface area (Å²) in [6.07, 6.45) is 3.46. The van der Waals surface area contributed by atoms with E-state index in [9.17, 15) is 4.79 Å². The number of amides is 1. The van der Waals surface area contributed by atoms with Gasteiger partial charge in [0.05, 0.1) is 18.8 Å². The van der Waals surface area contributed by atoms with E-state index in [4.69, 9.17) is 4.42 Å². The topological polar surface area (TPSA) is 74.2 Å². The highest BCUT2D eigenvalue weighted by molar-refractivity contribution is 5.91. The van der Waals surface area contributed by atoms with Crippen LogP contribution >= 0.6 is 0 Å². The van der Waals surface area contributed by atoms with Gasteiger partial charge in [-0.05, 0) is 32.1 Å². The molecule has 1 unspecified atom stereocenters. The van der Waals surface area contributed by atoms with Crippen molar-refractivity contribution in [3.63, 3.8) is 0 Å². The summed E-state index contributed by atoms with van der Waals surface area (Å²) in [4.78, 5) is 14.4. The van der Waals surface area contributed by atoms with E-state index in [1.807, 2.05) is 13.0 Å². The molecule has 6 heteroatoms. The van der Waals surface area contributed by atoms with Crippen molar-refractivity contribution in [2.24, 2.45) is 0 Å². The van der Waals surface area contributed by atoms with Crippen LogP contribution in [-0.2, 0) is 6.54 Å². The molecular weight excluding hydrogens is 268 g/mol. The van der Waals surface area contributed by atoms with E-state index in [-0.39, 0.29) is 11.9 Å². The van der Waals surface area contributed by atoms with Crippen LogP contribution in [0.2, 0.25) is 0 Å². The summed E-state index contributed by atoms with van der Waals surface area (Å²) in [6.45, 7) is 8.74. The average Bonchev–Trinajstić information content (AvgIpc) is 3.16. The predicted octanol–water partition coefficient (Wildman–Crippen LogP) is 2.34. The van der Waals surface area contributed by atoms with Crippen LogP contribution in [0.5, 0.6) is 0 Å². The number of nitrogens with zero attached hydrogens (tertiary/aromatic N) is 2. The third-order valence-electron chi connectivity index (χ3n) is 3.53. The Hall–Kier alpha value is -2.08. The highest BCUT2D eigenvalue weighted by Gasteiger charge is 2.16. The highest BCUT2D eigenvalue weighted by atomic mass is 16.4. The monoisotopic (exact) mass is 290 g/mol. The zero-order chi connectivity index (χ0) is 15.2. The molecule has 2 heterocycles. The number of carbonyl (C=O) groups is 1. The van der Waals surface area contributed by atoms with Gasteiger partial charge in [-0.25, -0.2) is 0 Å². The third-order valence-corrected chi connectivity index (χ3v) is 3.53. The van der Waals surface area contributed by atoms with Crippen LogP contribution in [0.25, 0.3) is 0 Å². The minimum Gasteiger partial charge on any atom is -0.455 e. The van der Waals surface area contributed by atoms with Gasteiger partial charge in [-0.2, -0.15) is 5.10 Å². The van der Waals surface area contributed by atoms with Crippen molar-refractivity contribution in [2.45, 2.75) is 33.4 Å². The number of furan rings is 1. The summed E-state index contributed by atoms with van der Waals surface area (Å²) in [6, 6.07) is 3.46. The van der Waals surface area contributed by atoms with E-state index in [1.165, 1.54) is 0 Å². The summed E-state index contributed by atoms with van der Waals surface area (Å²) in [5.41, 5.74) is 0.929. The second-order valence-corrected chi connectivity index (χ2v) is 4.95. The van der Waals surface area contributed by atoms with Crippen molar-refractivity contribution >= 4 is 5.91 Å². The normalized spacial score (nSPS) is 12.6. The first kappa shape index (κ1) is 15.3. The Morgan fingerprint density at radius 1 is 1.43 bits per heavy atom. The molecule has 0 radical (unpaired) electrons. The molecular formula is C15H22N4O2. The molecule has 0 bridgehead atoms. The lowest BCUT2D eigenvalue weighted by atomic mass is 10.2. The van der Waals surface area contributed by atoms with Crippen LogP contribution in [0.1, 0.15) is 48.7 Å². The number of hydrogen-bond donors (Lipinski definition) is 2. The molecule has 1 amide bonds. The van der Waals surface area contributed by atoms with Gasteiger partial charge in [-0.1, -0.05) is 13.8 Å². The van der Waals surface area contributed by atoms with Crippen LogP contribution < -0.4 is 5.32 Å². The lowest BCUT2D eigenvalue weighted by Crippen LogP contribution is -2.26. The molecule has 6 nitrogen and oxygen atoms in total. The van der Waals surface area contributed by atoms with Crippen molar-refractivity contribution in [2.75, 3.05) is 13.1 Å². The van der Waals surface area contributed by atoms with Crippen LogP contribution in [0.4, 0.5) is 0 Å². The van der Waals surface area contributed by atoms with Gasteiger partial charge in [0.25, 0.3) is 5.91 Å². The number of H-pyrrole nitrogens is 1. The molecule has 0 aliphatic carbocycles. The fourth-order valence-electron chi connectivity index (χ4n) is 2.10. The molecule has 2 N–H and O–H groups in total. The molecule has 0 aliphatic rings. The SMILES string of the molecule is CCN(CC)Cc1ccc(C(=O)NC(C)c2cn[nH]c2)o1. The Morgan fingerprint density at radius 3 is 2.81 bits per heavy atom. The summed E-state index contributed by atoms with van der Waals surface area (Å²) in [5.74, 6) is 0.932. The van der Waals surface area contributed by atoms with Crippen LogP contribution in [0.3, 0.4) is 0 Å². The fraction of sp³-hybridized carbons (Fsp3) is 0.467. The summed E-state index contributed by atoms with van der Waals surface area (Å²) < 4.78 is 5.62. The number of aromatic nitrogens is 2. The van der Waals surface area contributed by atoms with E-state index >= 15 is 0 Å². The van der Waals surface area contributed by atoms with Crippen molar-refractivity contribution in [1.82, 2.24) is 20.4 Å². The lowest BCUT2D eigenvalue weighted by Gasteiger charge is -2.15. The Labute approximate surface area is 124 Å².